The van der Waals surface area contributed by atoms with Gasteiger partial charge in [-0.1, -0.05) is 0 Å². The molecule has 0 spiro atoms. The number of nitrogens with one attached hydrogen (secondary N) is 1. The van der Waals surface area contributed by atoms with Crippen LogP contribution in [0.5, 0.6) is 0 Å². The van der Waals surface area contributed by atoms with E-state index in [9.17, 15) is 0 Å². The van der Waals surface area contributed by atoms with Crippen molar-refractivity contribution in [1.82, 2.24) is 10.2 Å². The standard InChI is InChI=1S/C9H17N3/c1-12(8-5-10)9-3-2-6-11-7-4-9/h9,11H,2-4,6-8H2,1H3. The van der Waals surface area contributed by atoms with Crippen molar-refractivity contribution < 1.29 is 0 Å². The van der Waals surface area contributed by atoms with E-state index >= 15 is 0 Å². The average molecular weight is 167 g/mol. The van der Waals surface area contributed by atoms with Gasteiger partial charge in [0, 0.05) is 6.04 Å². The van der Waals surface area contributed by atoms with Gasteiger partial charge in [-0.15, -0.1) is 0 Å². The lowest BCUT2D eigenvalue weighted by Gasteiger charge is -2.23. The molecule has 1 fully saturated rings. The first-order valence-electron chi connectivity index (χ1n) is 4.62. The minimum absolute atomic E-state index is 0.560. The maximum Gasteiger partial charge on any atom is 0.0865 e. The Morgan fingerprint density at radius 3 is 3.08 bits per heavy atom. The molecule has 1 atom stereocenters. The zero-order valence-electron chi connectivity index (χ0n) is 7.71. The lowest BCUT2D eigenvalue weighted by Crippen LogP contribution is -2.32. The molecule has 68 valence electrons. The Bertz CT molecular complexity index is 154. The monoisotopic (exact) mass is 167 g/mol. The second-order valence-corrected chi connectivity index (χ2v) is 3.41. The van der Waals surface area contributed by atoms with E-state index in [0.717, 1.165) is 13.1 Å². The molecule has 0 amide bonds. The van der Waals surface area contributed by atoms with Gasteiger partial charge >= 0.3 is 0 Å². The summed E-state index contributed by atoms with van der Waals surface area (Å²) in [5, 5.41) is 11.9. The van der Waals surface area contributed by atoms with E-state index in [4.69, 9.17) is 5.26 Å². The molecule has 1 heterocycles. The maximum atomic E-state index is 8.53. The van der Waals surface area contributed by atoms with E-state index in [1.54, 1.807) is 0 Å². The molecule has 1 saturated heterocycles. The van der Waals surface area contributed by atoms with Crippen molar-refractivity contribution in [2.75, 3.05) is 26.7 Å². The summed E-state index contributed by atoms with van der Waals surface area (Å²) in [5.41, 5.74) is 0. The molecule has 0 radical (unpaired) electrons. The topological polar surface area (TPSA) is 39.1 Å². The largest absolute Gasteiger partial charge is 0.317 e. The average Bonchev–Trinajstić information content (AvgIpc) is 2.32. The van der Waals surface area contributed by atoms with E-state index in [-0.39, 0.29) is 0 Å². The van der Waals surface area contributed by atoms with Gasteiger partial charge in [0.15, 0.2) is 0 Å². The molecule has 1 rings (SSSR count). The highest BCUT2D eigenvalue weighted by molar-refractivity contribution is 4.81. The Kier molecular flexibility index (Phi) is 4.06. The summed E-state index contributed by atoms with van der Waals surface area (Å²) in [5.74, 6) is 0. The van der Waals surface area contributed by atoms with E-state index in [2.05, 4.69) is 16.3 Å². The quantitative estimate of drug-likeness (QED) is 0.612. The number of hydrogen-bond acceptors (Lipinski definition) is 3. The second-order valence-electron chi connectivity index (χ2n) is 3.41. The SMILES string of the molecule is CN(CC#N)C1CCCNCC1. The molecule has 0 aliphatic carbocycles. The van der Waals surface area contributed by atoms with Gasteiger partial charge < -0.3 is 5.32 Å². The Hall–Kier alpha value is -0.590. The van der Waals surface area contributed by atoms with Crippen molar-refractivity contribution in [3.8, 4) is 6.07 Å². The summed E-state index contributed by atoms with van der Waals surface area (Å²) >= 11 is 0. The number of nitrogens with zero attached hydrogens (tertiary/aromatic N) is 2. The molecule has 12 heavy (non-hydrogen) atoms. The van der Waals surface area contributed by atoms with Gasteiger partial charge in [-0.3, -0.25) is 4.90 Å². The molecule has 0 aromatic heterocycles. The van der Waals surface area contributed by atoms with Gasteiger partial charge in [-0.05, 0) is 39.4 Å². The Morgan fingerprint density at radius 2 is 2.33 bits per heavy atom. The van der Waals surface area contributed by atoms with Crippen LogP contribution in [0.15, 0.2) is 0 Å². The van der Waals surface area contributed by atoms with Gasteiger partial charge in [-0.2, -0.15) is 5.26 Å². The molecule has 0 aromatic carbocycles. The van der Waals surface area contributed by atoms with E-state index < -0.39 is 0 Å². The molecule has 1 aliphatic rings. The van der Waals surface area contributed by atoms with Crippen molar-refractivity contribution in [3.05, 3.63) is 0 Å². The predicted octanol–water partition coefficient (Wildman–Crippen LogP) is 0.584. The van der Waals surface area contributed by atoms with Crippen LogP contribution in [0.25, 0.3) is 0 Å². The third-order valence-electron chi connectivity index (χ3n) is 2.49. The highest BCUT2D eigenvalue weighted by atomic mass is 15.1. The summed E-state index contributed by atoms with van der Waals surface area (Å²) in [7, 11) is 2.04. The first-order chi connectivity index (χ1) is 5.84. The van der Waals surface area contributed by atoms with Crippen LogP contribution in [0.4, 0.5) is 0 Å². The Balaban J connectivity index is 2.33. The third kappa shape index (κ3) is 2.80. The summed E-state index contributed by atoms with van der Waals surface area (Å²) in [4.78, 5) is 2.16. The van der Waals surface area contributed by atoms with Gasteiger partial charge in [0.1, 0.15) is 0 Å². The Morgan fingerprint density at radius 1 is 1.50 bits per heavy atom. The highest BCUT2D eigenvalue weighted by Gasteiger charge is 2.15. The highest BCUT2D eigenvalue weighted by Crippen LogP contribution is 2.10. The first-order valence-corrected chi connectivity index (χ1v) is 4.62. The van der Waals surface area contributed by atoms with Crippen LogP contribution in [0.1, 0.15) is 19.3 Å². The normalized spacial score (nSPS) is 24.9. The smallest absolute Gasteiger partial charge is 0.0865 e. The van der Waals surface area contributed by atoms with E-state index in [1.807, 2.05) is 7.05 Å². The predicted molar refractivity (Wildman–Crippen MR) is 48.8 cm³/mol. The molecule has 0 aromatic rings. The molecule has 1 unspecified atom stereocenters. The van der Waals surface area contributed by atoms with Crippen molar-refractivity contribution in [3.63, 3.8) is 0 Å². The zero-order valence-corrected chi connectivity index (χ0v) is 7.71. The lowest BCUT2D eigenvalue weighted by atomic mass is 10.1. The molecule has 1 N–H and O–H groups in total. The minimum atomic E-state index is 0.560. The van der Waals surface area contributed by atoms with Crippen LogP contribution in [-0.4, -0.2) is 37.6 Å². The van der Waals surface area contributed by atoms with E-state index in [1.165, 1.54) is 19.3 Å². The van der Waals surface area contributed by atoms with Gasteiger partial charge in [0.2, 0.25) is 0 Å². The zero-order chi connectivity index (χ0) is 8.81. The summed E-state index contributed by atoms with van der Waals surface area (Å²) in [6, 6.07) is 2.80. The molecular formula is C9H17N3. The molecule has 3 heteroatoms. The van der Waals surface area contributed by atoms with Crippen molar-refractivity contribution in [2.45, 2.75) is 25.3 Å². The summed E-state index contributed by atoms with van der Waals surface area (Å²) in [6.07, 6.45) is 3.64. The van der Waals surface area contributed by atoms with Gasteiger partial charge in [-0.25, -0.2) is 0 Å². The lowest BCUT2D eigenvalue weighted by molar-refractivity contribution is 0.249. The molecule has 0 saturated carbocycles. The van der Waals surface area contributed by atoms with Crippen LogP contribution >= 0.6 is 0 Å². The maximum absolute atomic E-state index is 8.53. The summed E-state index contributed by atoms with van der Waals surface area (Å²) in [6.45, 7) is 2.79. The number of nitriles is 1. The number of rotatable bonds is 2. The van der Waals surface area contributed by atoms with Crippen LogP contribution in [0.3, 0.4) is 0 Å². The van der Waals surface area contributed by atoms with Crippen LogP contribution in [0, 0.1) is 11.3 Å². The summed E-state index contributed by atoms with van der Waals surface area (Å²) < 4.78 is 0. The second kappa shape index (κ2) is 5.13. The molecule has 1 aliphatic heterocycles. The van der Waals surface area contributed by atoms with Crippen LogP contribution < -0.4 is 5.32 Å². The van der Waals surface area contributed by atoms with Gasteiger partial charge in [0.05, 0.1) is 12.6 Å². The molecule has 0 bridgehead atoms. The van der Waals surface area contributed by atoms with Crippen molar-refractivity contribution >= 4 is 0 Å². The fourth-order valence-electron chi connectivity index (χ4n) is 1.68. The van der Waals surface area contributed by atoms with Crippen LogP contribution in [-0.2, 0) is 0 Å². The fraction of sp³-hybridized carbons (Fsp3) is 0.889. The fourth-order valence-corrected chi connectivity index (χ4v) is 1.68. The third-order valence-corrected chi connectivity index (χ3v) is 2.49. The number of hydrogen-bond donors (Lipinski definition) is 1. The molecular weight excluding hydrogens is 150 g/mol. The van der Waals surface area contributed by atoms with Crippen molar-refractivity contribution in [2.24, 2.45) is 0 Å². The van der Waals surface area contributed by atoms with Crippen molar-refractivity contribution in [1.29, 1.82) is 5.26 Å². The Labute approximate surface area is 74.4 Å². The van der Waals surface area contributed by atoms with Gasteiger partial charge in [0.25, 0.3) is 0 Å². The minimum Gasteiger partial charge on any atom is -0.317 e. The molecule has 3 nitrogen and oxygen atoms in total. The van der Waals surface area contributed by atoms with Crippen LogP contribution in [0.2, 0.25) is 0 Å². The van der Waals surface area contributed by atoms with E-state index in [0.29, 0.717) is 12.6 Å². The first kappa shape index (κ1) is 9.50.